The Balaban J connectivity index is 3.73. The largest absolute Gasteiger partial charge is 0.385 e. The third-order valence-electron chi connectivity index (χ3n) is 1.99. The molecule has 5 nitrogen and oxygen atoms in total. The summed E-state index contributed by atoms with van der Waals surface area (Å²) in [5.74, 6) is 0.0969. The van der Waals surface area contributed by atoms with Crippen molar-refractivity contribution >= 4 is 10.0 Å². The van der Waals surface area contributed by atoms with Crippen molar-refractivity contribution in [1.29, 1.82) is 0 Å². The van der Waals surface area contributed by atoms with E-state index in [0.29, 0.717) is 19.6 Å². The number of sulfonamides is 1. The summed E-state index contributed by atoms with van der Waals surface area (Å²) in [6, 6.07) is -0.0906. The maximum absolute atomic E-state index is 11.4. The van der Waals surface area contributed by atoms with Crippen LogP contribution in [0.1, 0.15) is 26.2 Å². The molecule has 0 spiro atoms. The predicted molar refractivity (Wildman–Crippen MR) is 61.2 cm³/mol. The monoisotopic (exact) mass is 238 g/mol. The number of hydrogen-bond acceptors (Lipinski definition) is 4. The van der Waals surface area contributed by atoms with Crippen molar-refractivity contribution in [3.05, 3.63) is 0 Å². The number of nitrogens with one attached hydrogen (secondary N) is 1. The number of ether oxygens (including phenoxy) is 1. The number of rotatable bonds is 9. The fourth-order valence-corrected chi connectivity index (χ4v) is 2.28. The minimum absolute atomic E-state index is 0.0906. The van der Waals surface area contributed by atoms with Crippen LogP contribution in [0.3, 0.4) is 0 Å². The summed E-state index contributed by atoms with van der Waals surface area (Å²) in [5.41, 5.74) is 5.69. The molecule has 0 fully saturated rings. The van der Waals surface area contributed by atoms with Crippen molar-refractivity contribution in [2.45, 2.75) is 32.2 Å². The molecule has 0 aromatic rings. The molecule has 0 aliphatic carbocycles. The smallest absolute Gasteiger partial charge is 0.211 e. The molecule has 0 heterocycles. The molecule has 1 atom stereocenters. The van der Waals surface area contributed by atoms with Gasteiger partial charge in [0.1, 0.15) is 0 Å². The Bertz CT molecular complexity index is 242. The van der Waals surface area contributed by atoms with Gasteiger partial charge in [-0.05, 0) is 12.8 Å². The maximum Gasteiger partial charge on any atom is 0.211 e. The van der Waals surface area contributed by atoms with Crippen molar-refractivity contribution in [3.8, 4) is 0 Å². The summed E-state index contributed by atoms with van der Waals surface area (Å²) < 4.78 is 30.1. The molecule has 0 aliphatic rings. The van der Waals surface area contributed by atoms with Crippen molar-refractivity contribution in [2.24, 2.45) is 5.73 Å². The number of hydrogen-bond donors (Lipinski definition) is 2. The van der Waals surface area contributed by atoms with Crippen LogP contribution >= 0.6 is 0 Å². The molecular weight excluding hydrogens is 216 g/mol. The van der Waals surface area contributed by atoms with Crippen LogP contribution in [0, 0.1) is 0 Å². The van der Waals surface area contributed by atoms with Crippen LogP contribution in [0.5, 0.6) is 0 Å². The highest BCUT2D eigenvalue weighted by molar-refractivity contribution is 7.89. The van der Waals surface area contributed by atoms with Gasteiger partial charge in [0, 0.05) is 26.3 Å². The van der Waals surface area contributed by atoms with Crippen LogP contribution in [0.2, 0.25) is 0 Å². The summed E-state index contributed by atoms with van der Waals surface area (Å²) in [7, 11) is -1.62. The van der Waals surface area contributed by atoms with Gasteiger partial charge in [-0.25, -0.2) is 13.1 Å². The lowest BCUT2D eigenvalue weighted by molar-refractivity contribution is 0.199. The molecule has 0 amide bonds. The molecule has 6 heteroatoms. The van der Waals surface area contributed by atoms with E-state index in [1.165, 1.54) is 0 Å². The van der Waals surface area contributed by atoms with E-state index in [-0.39, 0.29) is 11.8 Å². The van der Waals surface area contributed by atoms with Crippen molar-refractivity contribution < 1.29 is 13.2 Å². The molecule has 0 saturated carbocycles. The first-order valence-electron chi connectivity index (χ1n) is 5.23. The van der Waals surface area contributed by atoms with Gasteiger partial charge in [-0.1, -0.05) is 13.3 Å². The molecule has 0 rings (SSSR count). The van der Waals surface area contributed by atoms with Crippen LogP contribution in [-0.4, -0.2) is 40.5 Å². The fourth-order valence-electron chi connectivity index (χ4n) is 1.17. The molecule has 0 saturated heterocycles. The lowest BCUT2D eigenvalue weighted by Gasteiger charge is -2.11. The molecule has 0 radical (unpaired) electrons. The Morgan fingerprint density at radius 2 is 2.13 bits per heavy atom. The van der Waals surface area contributed by atoms with E-state index in [0.717, 1.165) is 12.8 Å². The van der Waals surface area contributed by atoms with E-state index in [9.17, 15) is 8.42 Å². The SMILES string of the molecule is CCCC(N)CNS(=O)(=O)CCCOC. The van der Waals surface area contributed by atoms with E-state index >= 15 is 0 Å². The van der Waals surface area contributed by atoms with Crippen LogP contribution in [-0.2, 0) is 14.8 Å². The van der Waals surface area contributed by atoms with E-state index in [4.69, 9.17) is 10.5 Å². The zero-order valence-electron chi connectivity index (χ0n) is 9.53. The first-order chi connectivity index (χ1) is 7.02. The van der Waals surface area contributed by atoms with Gasteiger partial charge in [-0.2, -0.15) is 0 Å². The maximum atomic E-state index is 11.4. The Hall–Kier alpha value is -0.170. The lowest BCUT2D eigenvalue weighted by Crippen LogP contribution is -2.38. The van der Waals surface area contributed by atoms with E-state index in [2.05, 4.69) is 4.72 Å². The van der Waals surface area contributed by atoms with Crippen LogP contribution < -0.4 is 10.5 Å². The Morgan fingerprint density at radius 3 is 2.67 bits per heavy atom. The molecular formula is C9H22N2O3S. The second kappa shape index (κ2) is 8.04. The topological polar surface area (TPSA) is 81.4 Å². The quantitative estimate of drug-likeness (QED) is 0.557. The van der Waals surface area contributed by atoms with Gasteiger partial charge in [0.2, 0.25) is 10.0 Å². The first kappa shape index (κ1) is 14.8. The minimum atomic E-state index is -3.18. The lowest BCUT2D eigenvalue weighted by atomic mass is 10.2. The Morgan fingerprint density at radius 1 is 1.47 bits per heavy atom. The van der Waals surface area contributed by atoms with Crippen LogP contribution in [0.4, 0.5) is 0 Å². The fraction of sp³-hybridized carbons (Fsp3) is 1.00. The van der Waals surface area contributed by atoms with Gasteiger partial charge in [0.25, 0.3) is 0 Å². The molecule has 0 aliphatic heterocycles. The normalized spacial score (nSPS) is 14.1. The molecule has 0 bridgehead atoms. The van der Waals surface area contributed by atoms with Gasteiger partial charge in [0.15, 0.2) is 0 Å². The van der Waals surface area contributed by atoms with Gasteiger partial charge in [-0.15, -0.1) is 0 Å². The van der Waals surface area contributed by atoms with Gasteiger partial charge < -0.3 is 10.5 Å². The second-order valence-corrected chi connectivity index (χ2v) is 5.49. The van der Waals surface area contributed by atoms with E-state index < -0.39 is 10.0 Å². The predicted octanol–water partition coefficient (Wildman–Crippen LogP) is 0.0697. The van der Waals surface area contributed by atoms with Crippen LogP contribution in [0.15, 0.2) is 0 Å². The summed E-state index contributed by atoms with van der Waals surface area (Å²) in [6.07, 6.45) is 2.31. The summed E-state index contributed by atoms with van der Waals surface area (Å²) >= 11 is 0. The van der Waals surface area contributed by atoms with Crippen molar-refractivity contribution in [3.63, 3.8) is 0 Å². The second-order valence-electron chi connectivity index (χ2n) is 3.56. The van der Waals surface area contributed by atoms with Gasteiger partial charge in [-0.3, -0.25) is 0 Å². The summed E-state index contributed by atoms with van der Waals surface area (Å²) in [4.78, 5) is 0. The zero-order chi connectivity index (χ0) is 11.7. The molecule has 92 valence electrons. The number of nitrogens with two attached hydrogens (primary N) is 1. The third kappa shape index (κ3) is 8.80. The standard InChI is InChI=1S/C9H22N2O3S/c1-3-5-9(10)8-11-15(12,13)7-4-6-14-2/h9,11H,3-8,10H2,1-2H3. The molecule has 0 aromatic carbocycles. The Kier molecular flexibility index (Phi) is 7.95. The highest BCUT2D eigenvalue weighted by Crippen LogP contribution is 1.94. The van der Waals surface area contributed by atoms with Gasteiger partial charge in [0.05, 0.1) is 5.75 Å². The van der Waals surface area contributed by atoms with Crippen LogP contribution in [0.25, 0.3) is 0 Å². The number of methoxy groups -OCH3 is 1. The highest BCUT2D eigenvalue weighted by Gasteiger charge is 2.11. The summed E-state index contributed by atoms with van der Waals surface area (Å²) in [6.45, 7) is 2.80. The average molecular weight is 238 g/mol. The Labute approximate surface area is 92.4 Å². The van der Waals surface area contributed by atoms with Crippen molar-refractivity contribution in [1.82, 2.24) is 4.72 Å². The molecule has 0 aromatic heterocycles. The molecule has 1 unspecified atom stereocenters. The van der Waals surface area contributed by atoms with E-state index in [1.807, 2.05) is 6.92 Å². The third-order valence-corrected chi connectivity index (χ3v) is 3.42. The van der Waals surface area contributed by atoms with Crippen molar-refractivity contribution in [2.75, 3.05) is 26.0 Å². The molecule has 15 heavy (non-hydrogen) atoms. The van der Waals surface area contributed by atoms with E-state index in [1.54, 1.807) is 7.11 Å². The minimum Gasteiger partial charge on any atom is -0.385 e. The first-order valence-corrected chi connectivity index (χ1v) is 6.89. The van der Waals surface area contributed by atoms with Gasteiger partial charge >= 0.3 is 0 Å². The summed E-state index contributed by atoms with van der Waals surface area (Å²) in [5, 5.41) is 0. The zero-order valence-corrected chi connectivity index (χ0v) is 10.3. The molecule has 3 N–H and O–H groups in total. The average Bonchev–Trinajstić information content (AvgIpc) is 2.16. The highest BCUT2D eigenvalue weighted by atomic mass is 32.2.